The Morgan fingerprint density at radius 1 is 1.39 bits per heavy atom. The summed E-state index contributed by atoms with van der Waals surface area (Å²) in [5.41, 5.74) is 0.832. The van der Waals surface area contributed by atoms with Gasteiger partial charge in [-0.15, -0.1) is 0 Å². The van der Waals surface area contributed by atoms with E-state index in [1.807, 2.05) is 38.1 Å². The van der Waals surface area contributed by atoms with Crippen LogP contribution in [0.5, 0.6) is 0 Å². The Bertz CT molecular complexity index is 429. The number of anilines is 1. The Morgan fingerprint density at radius 2 is 2.06 bits per heavy atom. The fourth-order valence-electron chi connectivity index (χ4n) is 2.11. The van der Waals surface area contributed by atoms with Crippen molar-refractivity contribution >= 4 is 34.3 Å². The van der Waals surface area contributed by atoms with Crippen molar-refractivity contribution in [3.05, 3.63) is 27.8 Å². The Hall–Kier alpha value is -0.820. The highest BCUT2D eigenvalue weighted by Gasteiger charge is 2.25. The minimum atomic E-state index is -0.0565. The van der Waals surface area contributed by atoms with Crippen molar-refractivity contribution in [3.63, 3.8) is 0 Å². The highest BCUT2D eigenvalue weighted by Crippen LogP contribution is 2.15. The zero-order valence-corrected chi connectivity index (χ0v) is 12.7. The lowest BCUT2D eigenvalue weighted by atomic mass is 10.2. The molecule has 0 aliphatic carbocycles. The van der Waals surface area contributed by atoms with Crippen molar-refractivity contribution < 1.29 is 9.53 Å². The smallest absolute Gasteiger partial charge is 0.322 e. The second kappa shape index (κ2) is 5.88. The number of hydrogen-bond donors (Lipinski definition) is 1. The van der Waals surface area contributed by atoms with Gasteiger partial charge < -0.3 is 15.0 Å². The molecule has 4 nitrogen and oxygen atoms in total. The van der Waals surface area contributed by atoms with Gasteiger partial charge in [-0.3, -0.25) is 0 Å². The first-order valence-electron chi connectivity index (χ1n) is 6.01. The van der Waals surface area contributed by atoms with E-state index < -0.39 is 0 Å². The topological polar surface area (TPSA) is 41.6 Å². The molecule has 0 bridgehead atoms. The van der Waals surface area contributed by atoms with E-state index in [4.69, 9.17) is 4.74 Å². The molecule has 1 N–H and O–H groups in total. The molecular formula is C13H17IN2O2. The molecule has 98 valence electrons. The molecule has 2 atom stereocenters. The molecule has 0 unspecified atom stereocenters. The standard InChI is InChI=1S/C13H17IN2O2/c1-9-7-16(8-10(2)18-9)13(17)15-12-5-3-4-11(14)6-12/h3-6,9-10H,7-8H2,1-2H3,(H,15,17)/t9-,10-/m1/s1. The van der Waals surface area contributed by atoms with Crippen LogP contribution in [0.4, 0.5) is 10.5 Å². The number of amides is 2. The first-order chi connectivity index (χ1) is 8.54. The van der Waals surface area contributed by atoms with Crippen LogP contribution >= 0.6 is 22.6 Å². The number of carbonyl (C=O) groups excluding carboxylic acids is 1. The van der Waals surface area contributed by atoms with Gasteiger partial charge in [0.1, 0.15) is 0 Å². The van der Waals surface area contributed by atoms with Crippen LogP contribution in [-0.2, 0) is 4.74 Å². The minimum Gasteiger partial charge on any atom is -0.372 e. The molecular weight excluding hydrogens is 343 g/mol. The van der Waals surface area contributed by atoms with E-state index in [9.17, 15) is 4.79 Å². The number of nitrogens with zero attached hydrogens (tertiary/aromatic N) is 1. The second-order valence-corrected chi connectivity index (χ2v) is 5.85. The second-order valence-electron chi connectivity index (χ2n) is 4.60. The summed E-state index contributed by atoms with van der Waals surface area (Å²) < 4.78 is 6.72. The van der Waals surface area contributed by atoms with E-state index >= 15 is 0 Å². The first kappa shape index (κ1) is 13.6. The average molecular weight is 360 g/mol. The summed E-state index contributed by atoms with van der Waals surface area (Å²) in [5.74, 6) is 0. The fraction of sp³-hybridized carbons (Fsp3) is 0.462. The third-order valence-electron chi connectivity index (χ3n) is 2.78. The number of ether oxygens (including phenoxy) is 1. The summed E-state index contributed by atoms with van der Waals surface area (Å²) in [4.78, 5) is 13.9. The third kappa shape index (κ3) is 3.58. The number of rotatable bonds is 1. The van der Waals surface area contributed by atoms with Crippen LogP contribution < -0.4 is 5.32 Å². The lowest BCUT2D eigenvalue weighted by molar-refractivity contribution is -0.0530. The molecule has 0 spiro atoms. The lowest BCUT2D eigenvalue weighted by Crippen LogP contribution is -2.49. The molecule has 1 fully saturated rings. The molecule has 1 aromatic rings. The van der Waals surface area contributed by atoms with E-state index in [-0.39, 0.29) is 18.2 Å². The van der Waals surface area contributed by atoms with Gasteiger partial charge in [-0.25, -0.2) is 4.79 Å². The van der Waals surface area contributed by atoms with Crippen molar-refractivity contribution in [1.29, 1.82) is 0 Å². The van der Waals surface area contributed by atoms with E-state index in [0.717, 1.165) is 9.26 Å². The van der Waals surface area contributed by atoms with Gasteiger partial charge in [0.25, 0.3) is 0 Å². The summed E-state index contributed by atoms with van der Waals surface area (Å²) >= 11 is 2.23. The number of hydrogen-bond acceptors (Lipinski definition) is 2. The average Bonchev–Trinajstić information content (AvgIpc) is 2.27. The molecule has 5 heteroatoms. The summed E-state index contributed by atoms with van der Waals surface area (Å²) in [6, 6.07) is 7.72. The summed E-state index contributed by atoms with van der Waals surface area (Å²) in [6.45, 7) is 5.25. The van der Waals surface area contributed by atoms with Crippen molar-refractivity contribution in [1.82, 2.24) is 4.90 Å². The predicted molar refractivity (Wildman–Crippen MR) is 79.8 cm³/mol. The third-order valence-corrected chi connectivity index (χ3v) is 3.45. The van der Waals surface area contributed by atoms with E-state index in [1.54, 1.807) is 4.90 Å². The summed E-state index contributed by atoms with van der Waals surface area (Å²) in [7, 11) is 0. The maximum Gasteiger partial charge on any atom is 0.322 e. The van der Waals surface area contributed by atoms with Gasteiger partial charge >= 0.3 is 6.03 Å². The molecule has 0 saturated carbocycles. The molecule has 2 rings (SSSR count). The highest BCUT2D eigenvalue weighted by molar-refractivity contribution is 14.1. The first-order valence-corrected chi connectivity index (χ1v) is 7.09. The molecule has 18 heavy (non-hydrogen) atoms. The van der Waals surface area contributed by atoms with E-state index in [1.165, 1.54) is 0 Å². The molecule has 1 aliphatic heterocycles. The van der Waals surface area contributed by atoms with Gasteiger partial charge in [0.15, 0.2) is 0 Å². The number of halogens is 1. The van der Waals surface area contributed by atoms with Crippen molar-refractivity contribution in [3.8, 4) is 0 Å². The fourth-order valence-corrected chi connectivity index (χ4v) is 2.66. The van der Waals surface area contributed by atoms with Gasteiger partial charge in [-0.1, -0.05) is 6.07 Å². The molecule has 1 saturated heterocycles. The van der Waals surface area contributed by atoms with Gasteiger partial charge in [0, 0.05) is 22.3 Å². The molecule has 1 aliphatic rings. The Kier molecular flexibility index (Phi) is 4.45. The van der Waals surface area contributed by atoms with Crippen LogP contribution in [0.25, 0.3) is 0 Å². The Labute approximate surface area is 121 Å². The molecule has 1 aromatic carbocycles. The maximum absolute atomic E-state index is 12.1. The van der Waals surface area contributed by atoms with Gasteiger partial charge in [0.05, 0.1) is 12.2 Å². The number of carbonyl (C=O) groups is 1. The van der Waals surface area contributed by atoms with Crippen LogP contribution in [0.1, 0.15) is 13.8 Å². The zero-order chi connectivity index (χ0) is 13.1. The van der Waals surface area contributed by atoms with Crippen LogP contribution in [-0.4, -0.2) is 36.2 Å². The summed E-state index contributed by atoms with van der Waals surface area (Å²) in [5, 5.41) is 2.92. The predicted octanol–water partition coefficient (Wildman–Crippen LogP) is 2.93. The molecule has 0 aromatic heterocycles. The monoisotopic (exact) mass is 360 g/mol. The largest absolute Gasteiger partial charge is 0.372 e. The van der Waals surface area contributed by atoms with Crippen molar-refractivity contribution in [2.24, 2.45) is 0 Å². The van der Waals surface area contributed by atoms with Gasteiger partial charge in [0.2, 0.25) is 0 Å². The highest BCUT2D eigenvalue weighted by atomic mass is 127. The Morgan fingerprint density at radius 3 is 2.67 bits per heavy atom. The summed E-state index contributed by atoms with van der Waals surface area (Å²) in [6.07, 6.45) is 0.186. The number of morpholine rings is 1. The molecule has 2 amide bonds. The SMILES string of the molecule is C[C@@H]1CN(C(=O)Nc2cccc(I)c2)C[C@@H](C)O1. The van der Waals surface area contributed by atoms with E-state index in [0.29, 0.717) is 13.1 Å². The normalized spacial score (nSPS) is 23.8. The van der Waals surface area contributed by atoms with Crippen LogP contribution in [0.3, 0.4) is 0 Å². The lowest BCUT2D eigenvalue weighted by Gasteiger charge is -2.35. The number of benzene rings is 1. The van der Waals surface area contributed by atoms with Crippen LogP contribution in [0.2, 0.25) is 0 Å². The minimum absolute atomic E-state index is 0.0565. The Balaban J connectivity index is 1.99. The van der Waals surface area contributed by atoms with Crippen LogP contribution in [0.15, 0.2) is 24.3 Å². The zero-order valence-electron chi connectivity index (χ0n) is 10.5. The maximum atomic E-state index is 12.1. The molecule has 0 radical (unpaired) electrons. The van der Waals surface area contributed by atoms with Gasteiger partial charge in [-0.05, 0) is 54.6 Å². The quantitative estimate of drug-likeness (QED) is 0.783. The van der Waals surface area contributed by atoms with Crippen molar-refractivity contribution in [2.45, 2.75) is 26.1 Å². The number of nitrogens with one attached hydrogen (secondary N) is 1. The van der Waals surface area contributed by atoms with Crippen LogP contribution in [0, 0.1) is 3.57 Å². The number of urea groups is 1. The van der Waals surface area contributed by atoms with E-state index in [2.05, 4.69) is 27.9 Å². The van der Waals surface area contributed by atoms with Crippen molar-refractivity contribution in [2.75, 3.05) is 18.4 Å². The molecule has 1 heterocycles. The van der Waals surface area contributed by atoms with Gasteiger partial charge in [-0.2, -0.15) is 0 Å².